The van der Waals surface area contributed by atoms with Crippen LogP contribution in [0.1, 0.15) is 20.8 Å². The van der Waals surface area contributed by atoms with Gasteiger partial charge in [-0.15, -0.1) is 0 Å². The number of halogens is 3. The van der Waals surface area contributed by atoms with Crippen molar-refractivity contribution < 1.29 is 32.6 Å². The molecule has 106 valence electrons. The standard InChI is InChI=1S/C9H14F3NO4S/c1-8(2,3)17-7(16)13-5(6(14)15)4-18-9(10,11)12/h5H,4H2,1-3H3,(H,13,16)(H,14,15)/t5-/m0/s1. The molecule has 0 saturated carbocycles. The van der Waals surface area contributed by atoms with Gasteiger partial charge in [-0.05, 0) is 32.5 Å². The number of carbonyl (C=O) groups is 2. The molecule has 2 N–H and O–H groups in total. The Kier molecular flexibility index (Phi) is 5.78. The van der Waals surface area contributed by atoms with Crippen LogP contribution in [0.25, 0.3) is 0 Å². The fourth-order valence-electron chi connectivity index (χ4n) is 0.802. The Hall–Kier alpha value is -1.12. The molecule has 9 heteroatoms. The minimum atomic E-state index is -4.55. The molecule has 0 saturated heterocycles. The average molecular weight is 289 g/mol. The van der Waals surface area contributed by atoms with E-state index in [-0.39, 0.29) is 0 Å². The number of ether oxygens (including phenoxy) is 1. The van der Waals surface area contributed by atoms with Crippen LogP contribution < -0.4 is 5.32 Å². The summed E-state index contributed by atoms with van der Waals surface area (Å²) in [5.74, 6) is -2.38. The zero-order valence-corrected chi connectivity index (χ0v) is 10.8. The summed E-state index contributed by atoms with van der Waals surface area (Å²) in [6.07, 6.45) is -1.07. The number of rotatable bonds is 4. The Bertz CT molecular complexity index is 314. The lowest BCUT2D eigenvalue weighted by Crippen LogP contribution is -2.45. The molecule has 0 aliphatic carbocycles. The normalized spacial score (nSPS) is 13.9. The second kappa shape index (κ2) is 6.17. The van der Waals surface area contributed by atoms with Crippen molar-refractivity contribution in [3.63, 3.8) is 0 Å². The molecule has 1 amide bonds. The van der Waals surface area contributed by atoms with Gasteiger partial charge < -0.3 is 15.2 Å². The largest absolute Gasteiger partial charge is 0.480 e. The first-order chi connectivity index (χ1) is 7.91. The molecule has 0 aromatic carbocycles. The minimum Gasteiger partial charge on any atom is -0.480 e. The van der Waals surface area contributed by atoms with Gasteiger partial charge in [-0.1, -0.05) is 0 Å². The lowest BCUT2D eigenvalue weighted by molar-refractivity contribution is -0.138. The highest BCUT2D eigenvalue weighted by molar-refractivity contribution is 8.00. The maximum Gasteiger partial charge on any atom is 0.441 e. The van der Waals surface area contributed by atoms with Crippen molar-refractivity contribution in [2.24, 2.45) is 0 Å². The summed E-state index contributed by atoms with van der Waals surface area (Å²) >= 11 is -0.521. The van der Waals surface area contributed by atoms with E-state index in [1.807, 2.05) is 5.32 Å². The monoisotopic (exact) mass is 289 g/mol. The fourth-order valence-corrected chi connectivity index (χ4v) is 1.38. The first-order valence-electron chi connectivity index (χ1n) is 4.84. The first kappa shape index (κ1) is 16.9. The van der Waals surface area contributed by atoms with Gasteiger partial charge >= 0.3 is 17.6 Å². The Labute approximate surface area is 106 Å². The molecule has 0 heterocycles. The summed E-state index contributed by atoms with van der Waals surface area (Å²) in [7, 11) is 0. The van der Waals surface area contributed by atoms with Crippen molar-refractivity contribution in [3.05, 3.63) is 0 Å². The van der Waals surface area contributed by atoms with Gasteiger partial charge in [-0.3, -0.25) is 0 Å². The summed E-state index contributed by atoms with van der Waals surface area (Å²) in [4.78, 5) is 21.9. The molecule has 0 rings (SSSR count). The third-order valence-electron chi connectivity index (χ3n) is 1.40. The number of hydrogen-bond donors (Lipinski definition) is 2. The molecule has 0 aliphatic rings. The van der Waals surface area contributed by atoms with E-state index in [0.717, 1.165) is 0 Å². The van der Waals surface area contributed by atoms with Gasteiger partial charge in [-0.25, -0.2) is 9.59 Å². The average Bonchev–Trinajstić information content (AvgIpc) is 2.06. The van der Waals surface area contributed by atoms with Crippen LogP contribution in [0.5, 0.6) is 0 Å². The second-order valence-electron chi connectivity index (χ2n) is 4.29. The Morgan fingerprint density at radius 1 is 1.33 bits per heavy atom. The topological polar surface area (TPSA) is 75.6 Å². The Morgan fingerprint density at radius 3 is 2.17 bits per heavy atom. The molecule has 0 fully saturated rings. The molecule has 0 aliphatic heterocycles. The number of alkyl halides is 3. The highest BCUT2D eigenvalue weighted by atomic mass is 32.2. The van der Waals surface area contributed by atoms with Crippen molar-refractivity contribution in [1.29, 1.82) is 0 Å². The summed E-state index contributed by atoms with van der Waals surface area (Å²) in [5, 5.41) is 10.5. The van der Waals surface area contributed by atoms with Gasteiger partial charge in [0, 0.05) is 5.75 Å². The van der Waals surface area contributed by atoms with Crippen molar-refractivity contribution in [1.82, 2.24) is 5.32 Å². The predicted molar refractivity (Wildman–Crippen MR) is 59.3 cm³/mol. The van der Waals surface area contributed by atoms with E-state index < -0.39 is 46.7 Å². The van der Waals surface area contributed by atoms with Crippen LogP contribution in [0.2, 0.25) is 0 Å². The van der Waals surface area contributed by atoms with Gasteiger partial charge in [0.2, 0.25) is 0 Å². The minimum absolute atomic E-state index is 0.521. The number of carboxylic acids is 1. The molecule has 0 radical (unpaired) electrons. The smallest absolute Gasteiger partial charge is 0.441 e. The van der Waals surface area contributed by atoms with Crippen LogP contribution in [0.4, 0.5) is 18.0 Å². The van der Waals surface area contributed by atoms with E-state index in [0.29, 0.717) is 0 Å². The van der Waals surface area contributed by atoms with E-state index in [2.05, 4.69) is 0 Å². The number of nitrogens with one attached hydrogen (secondary N) is 1. The molecule has 0 aromatic rings. The van der Waals surface area contributed by atoms with Crippen LogP contribution in [0.15, 0.2) is 0 Å². The summed E-state index contributed by atoms with van der Waals surface area (Å²) in [5.41, 5.74) is -5.41. The van der Waals surface area contributed by atoms with E-state index in [9.17, 15) is 22.8 Å². The van der Waals surface area contributed by atoms with Crippen LogP contribution in [-0.4, -0.2) is 40.1 Å². The molecule has 18 heavy (non-hydrogen) atoms. The number of aliphatic carboxylic acids is 1. The fraction of sp³-hybridized carbons (Fsp3) is 0.778. The number of amides is 1. The highest BCUT2D eigenvalue weighted by Gasteiger charge is 2.32. The predicted octanol–water partition coefficient (Wildman–Crippen LogP) is 2.22. The number of carboxylic acid groups (broad SMARTS) is 1. The van der Waals surface area contributed by atoms with E-state index in [1.165, 1.54) is 0 Å². The molecular weight excluding hydrogens is 275 g/mol. The van der Waals surface area contributed by atoms with Gasteiger partial charge in [0.15, 0.2) is 0 Å². The molecule has 0 aromatic heterocycles. The molecule has 0 unspecified atom stereocenters. The summed E-state index contributed by atoms with van der Waals surface area (Å²) < 4.78 is 40.5. The lowest BCUT2D eigenvalue weighted by atomic mass is 10.2. The van der Waals surface area contributed by atoms with E-state index in [4.69, 9.17) is 9.84 Å². The number of thioether (sulfide) groups is 1. The number of carbonyl (C=O) groups excluding carboxylic acids is 1. The molecular formula is C9H14F3NO4S. The Morgan fingerprint density at radius 2 is 1.83 bits per heavy atom. The van der Waals surface area contributed by atoms with Gasteiger partial charge in [0.05, 0.1) is 0 Å². The zero-order chi connectivity index (χ0) is 14.6. The molecule has 5 nitrogen and oxygen atoms in total. The number of alkyl carbamates (subject to hydrolysis) is 1. The maximum atomic E-state index is 11.9. The Balaban J connectivity index is 4.37. The van der Waals surface area contributed by atoms with Crippen molar-refractivity contribution in [3.8, 4) is 0 Å². The molecule has 0 bridgehead atoms. The van der Waals surface area contributed by atoms with Crippen LogP contribution >= 0.6 is 11.8 Å². The SMILES string of the molecule is CC(C)(C)OC(=O)N[C@@H](CSC(F)(F)F)C(=O)O. The second-order valence-corrected chi connectivity index (χ2v) is 5.38. The van der Waals surface area contributed by atoms with Crippen molar-refractivity contribution in [2.45, 2.75) is 37.9 Å². The van der Waals surface area contributed by atoms with Gasteiger partial charge in [0.1, 0.15) is 11.6 Å². The van der Waals surface area contributed by atoms with Gasteiger partial charge in [-0.2, -0.15) is 13.2 Å². The third-order valence-corrected chi connectivity index (χ3v) is 2.23. The lowest BCUT2D eigenvalue weighted by Gasteiger charge is -2.22. The quantitative estimate of drug-likeness (QED) is 0.830. The highest BCUT2D eigenvalue weighted by Crippen LogP contribution is 2.30. The molecule has 0 spiro atoms. The van der Waals surface area contributed by atoms with Crippen LogP contribution in [0, 0.1) is 0 Å². The van der Waals surface area contributed by atoms with Gasteiger partial charge in [0.25, 0.3) is 0 Å². The first-order valence-corrected chi connectivity index (χ1v) is 5.82. The summed E-state index contributed by atoms with van der Waals surface area (Å²) in [6.45, 7) is 4.65. The van der Waals surface area contributed by atoms with E-state index >= 15 is 0 Å². The van der Waals surface area contributed by atoms with Crippen LogP contribution in [-0.2, 0) is 9.53 Å². The van der Waals surface area contributed by atoms with Crippen molar-refractivity contribution in [2.75, 3.05) is 5.75 Å². The zero-order valence-electron chi connectivity index (χ0n) is 10.00. The number of hydrogen-bond acceptors (Lipinski definition) is 4. The van der Waals surface area contributed by atoms with Crippen LogP contribution in [0.3, 0.4) is 0 Å². The van der Waals surface area contributed by atoms with Crippen molar-refractivity contribution >= 4 is 23.8 Å². The molecule has 1 atom stereocenters. The van der Waals surface area contributed by atoms with E-state index in [1.54, 1.807) is 20.8 Å². The third kappa shape index (κ3) is 8.97. The summed E-state index contributed by atoms with van der Waals surface area (Å²) in [6, 6.07) is -1.66. The maximum absolute atomic E-state index is 11.9.